The average molecular weight is 368 g/mol. The van der Waals surface area contributed by atoms with E-state index in [9.17, 15) is 5.11 Å². The number of rotatable bonds is 3. The Labute approximate surface area is 165 Å². The predicted octanol–water partition coefficient (Wildman–Crippen LogP) is 5.56. The van der Waals surface area contributed by atoms with Gasteiger partial charge in [0.25, 0.3) is 0 Å². The highest BCUT2D eigenvalue weighted by Crippen LogP contribution is 2.57. The van der Waals surface area contributed by atoms with Gasteiger partial charge in [-0.3, -0.25) is 4.90 Å². The van der Waals surface area contributed by atoms with Crippen molar-refractivity contribution in [2.45, 2.75) is 77.2 Å². The summed E-state index contributed by atoms with van der Waals surface area (Å²) in [6.45, 7) is 10.3. The van der Waals surface area contributed by atoms with Crippen LogP contribution in [-0.4, -0.2) is 35.7 Å². The molecule has 148 valence electrons. The molecule has 0 spiro atoms. The van der Waals surface area contributed by atoms with Crippen LogP contribution in [0.15, 0.2) is 47.1 Å². The molecule has 0 aromatic rings. The van der Waals surface area contributed by atoms with Gasteiger partial charge in [-0.2, -0.15) is 0 Å². The van der Waals surface area contributed by atoms with Crippen molar-refractivity contribution in [3.8, 4) is 0 Å². The Morgan fingerprint density at radius 3 is 2.70 bits per heavy atom. The molecule has 4 rings (SSSR count). The third-order valence-corrected chi connectivity index (χ3v) is 7.84. The summed E-state index contributed by atoms with van der Waals surface area (Å²) in [5.74, 6) is 0.733. The van der Waals surface area contributed by atoms with Crippen molar-refractivity contribution < 1.29 is 5.11 Å². The van der Waals surface area contributed by atoms with Gasteiger partial charge in [0, 0.05) is 6.54 Å². The van der Waals surface area contributed by atoms with Gasteiger partial charge in [0.1, 0.15) is 0 Å². The monoisotopic (exact) mass is 367 g/mol. The maximum absolute atomic E-state index is 10.1. The molecule has 4 fully saturated rings. The molecule has 3 atom stereocenters. The molecule has 3 saturated carbocycles. The van der Waals surface area contributed by atoms with Gasteiger partial charge in [-0.15, -0.1) is 0 Å². The summed E-state index contributed by atoms with van der Waals surface area (Å²) < 4.78 is 0. The molecule has 3 unspecified atom stereocenters. The molecule has 4 aliphatic rings. The highest BCUT2D eigenvalue weighted by Gasteiger charge is 2.45. The first-order valence-corrected chi connectivity index (χ1v) is 11.2. The molecule has 1 N–H and O–H groups in total. The minimum atomic E-state index is -0.327. The molecule has 0 radical (unpaired) electrons. The van der Waals surface area contributed by atoms with Gasteiger partial charge in [-0.25, -0.2) is 0 Å². The largest absolute Gasteiger partial charge is 0.388 e. The van der Waals surface area contributed by atoms with E-state index in [1.165, 1.54) is 70.2 Å². The van der Waals surface area contributed by atoms with E-state index in [-0.39, 0.29) is 6.10 Å². The number of hydrogen-bond acceptors (Lipinski definition) is 2. The van der Waals surface area contributed by atoms with Gasteiger partial charge in [0.05, 0.1) is 6.10 Å². The van der Waals surface area contributed by atoms with Crippen LogP contribution in [0.4, 0.5) is 0 Å². The number of nitrogens with zero attached hydrogens (tertiary/aromatic N) is 1. The van der Waals surface area contributed by atoms with Gasteiger partial charge < -0.3 is 5.11 Å². The molecule has 2 nitrogen and oxygen atoms in total. The maximum Gasteiger partial charge on any atom is 0.0784 e. The van der Waals surface area contributed by atoms with Crippen molar-refractivity contribution in [2.75, 3.05) is 19.6 Å². The minimum absolute atomic E-state index is 0.327. The maximum atomic E-state index is 10.1. The average Bonchev–Trinajstić information content (AvgIpc) is 3.28. The lowest BCUT2D eigenvalue weighted by atomic mass is 9.65. The molecule has 2 heteroatoms. The van der Waals surface area contributed by atoms with E-state index in [2.05, 4.69) is 36.6 Å². The molecule has 1 saturated heterocycles. The van der Waals surface area contributed by atoms with Crippen LogP contribution in [0, 0.1) is 11.3 Å². The molecule has 1 aliphatic heterocycles. The van der Waals surface area contributed by atoms with Gasteiger partial charge in [0.2, 0.25) is 0 Å². The van der Waals surface area contributed by atoms with E-state index >= 15 is 0 Å². The third kappa shape index (κ3) is 4.03. The van der Waals surface area contributed by atoms with E-state index in [1.807, 2.05) is 0 Å². The number of aliphatic hydroxyl groups excluding tert-OH is 1. The van der Waals surface area contributed by atoms with Crippen molar-refractivity contribution in [3.05, 3.63) is 47.1 Å². The SMILES string of the molecule is C=C1CC/C(=C/C=C2\CCCC3(C)/C(=C/CN4CCCC4)CCC23)CC1O. The van der Waals surface area contributed by atoms with Gasteiger partial charge in [0.15, 0.2) is 0 Å². The van der Waals surface area contributed by atoms with Crippen LogP contribution in [0.5, 0.6) is 0 Å². The van der Waals surface area contributed by atoms with Crippen LogP contribution in [0.25, 0.3) is 0 Å². The van der Waals surface area contributed by atoms with Crippen LogP contribution in [0.2, 0.25) is 0 Å². The van der Waals surface area contributed by atoms with Crippen LogP contribution in [0.1, 0.15) is 71.1 Å². The van der Waals surface area contributed by atoms with E-state index in [0.29, 0.717) is 5.41 Å². The summed E-state index contributed by atoms with van der Waals surface area (Å²) in [4.78, 5) is 2.62. The zero-order chi connectivity index (χ0) is 18.9. The van der Waals surface area contributed by atoms with Crippen molar-refractivity contribution in [1.29, 1.82) is 0 Å². The second-order valence-corrected chi connectivity index (χ2v) is 9.54. The van der Waals surface area contributed by atoms with E-state index in [1.54, 1.807) is 11.1 Å². The van der Waals surface area contributed by atoms with Gasteiger partial charge in [-0.1, -0.05) is 48.5 Å². The van der Waals surface area contributed by atoms with Crippen molar-refractivity contribution >= 4 is 0 Å². The Morgan fingerprint density at radius 2 is 1.93 bits per heavy atom. The molecule has 0 bridgehead atoms. The highest BCUT2D eigenvalue weighted by atomic mass is 16.3. The Balaban J connectivity index is 1.47. The molecule has 0 aromatic carbocycles. The first-order valence-electron chi connectivity index (χ1n) is 11.2. The highest BCUT2D eigenvalue weighted by molar-refractivity contribution is 5.33. The molecule has 0 aromatic heterocycles. The molecular formula is C25H37NO. The lowest BCUT2D eigenvalue weighted by Crippen LogP contribution is -2.29. The van der Waals surface area contributed by atoms with Crippen LogP contribution in [-0.2, 0) is 0 Å². The summed E-state index contributed by atoms with van der Waals surface area (Å²) in [7, 11) is 0. The topological polar surface area (TPSA) is 23.5 Å². The van der Waals surface area contributed by atoms with Crippen molar-refractivity contribution in [3.63, 3.8) is 0 Å². The van der Waals surface area contributed by atoms with Crippen molar-refractivity contribution in [1.82, 2.24) is 4.90 Å². The van der Waals surface area contributed by atoms with Gasteiger partial charge >= 0.3 is 0 Å². The van der Waals surface area contributed by atoms with Crippen molar-refractivity contribution in [2.24, 2.45) is 11.3 Å². The van der Waals surface area contributed by atoms with Crippen LogP contribution >= 0.6 is 0 Å². The number of fused-ring (bicyclic) bond motifs is 1. The lowest BCUT2D eigenvalue weighted by Gasteiger charge is -2.39. The van der Waals surface area contributed by atoms with E-state index in [4.69, 9.17) is 0 Å². The smallest absolute Gasteiger partial charge is 0.0784 e. The Morgan fingerprint density at radius 1 is 1.11 bits per heavy atom. The standard InChI is InChI=1S/C25H37NO/c1-19-7-8-20(18-24(19)27)9-10-21-6-5-14-25(2)22(11-12-23(21)25)13-17-26-15-3-4-16-26/h9-10,13,23-24,27H,1,3-8,11-12,14-18H2,2H3/b20-9-,21-10+,22-13+. The molecule has 0 amide bonds. The fourth-order valence-electron chi connectivity index (χ4n) is 5.99. The summed E-state index contributed by atoms with van der Waals surface area (Å²) in [6.07, 6.45) is 19.2. The first kappa shape index (κ1) is 19.2. The number of aliphatic hydroxyl groups is 1. The Kier molecular flexibility index (Phi) is 5.75. The van der Waals surface area contributed by atoms with Crippen LogP contribution < -0.4 is 0 Å². The fourth-order valence-corrected chi connectivity index (χ4v) is 5.99. The second kappa shape index (κ2) is 8.09. The lowest BCUT2D eigenvalue weighted by molar-refractivity contribution is 0.197. The summed E-state index contributed by atoms with van der Waals surface area (Å²) in [6, 6.07) is 0. The van der Waals surface area contributed by atoms with E-state index < -0.39 is 0 Å². The number of likely N-dealkylation sites (tertiary alicyclic amines) is 1. The Bertz CT molecular complexity index is 664. The molecule has 1 heterocycles. The van der Waals surface area contributed by atoms with Crippen LogP contribution in [0.3, 0.4) is 0 Å². The quantitative estimate of drug-likeness (QED) is 0.660. The second-order valence-electron chi connectivity index (χ2n) is 9.54. The predicted molar refractivity (Wildman–Crippen MR) is 114 cm³/mol. The van der Waals surface area contributed by atoms with E-state index in [0.717, 1.165) is 30.8 Å². The third-order valence-electron chi connectivity index (χ3n) is 7.84. The zero-order valence-electron chi connectivity index (χ0n) is 17.2. The minimum Gasteiger partial charge on any atom is -0.388 e. The molecular weight excluding hydrogens is 330 g/mol. The fraction of sp³-hybridized carbons (Fsp3) is 0.680. The number of allylic oxidation sites excluding steroid dienone is 4. The molecule has 3 aliphatic carbocycles. The summed E-state index contributed by atoms with van der Waals surface area (Å²) in [5.41, 5.74) is 6.20. The molecule has 27 heavy (non-hydrogen) atoms. The normalized spacial score (nSPS) is 39.6. The summed E-state index contributed by atoms with van der Waals surface area (Å²) >= 11 is 0. The zero-order valence-corrected chi connectivity index (χ0v) is 17.2. The Hall–Kier alpha value is -1.12. The first-order chi connectivity index (χ1) is 13.1. The van der Waals surface area contributed by atoms with Gasteiger partial charge in [-0.05, 0) is 94.2 Å². The summed E-state index contributed by atoms with van der Waals surface area (Å²) in [5, 5.41) is 10.1. The number of hydrogen-bond donors (Lipinski definition) is 1.